The highest BCUT2D eigenvalue weighted by Crippen LogP contribution is 2.22. The van der Waals surface area contributed by atoms with Crippen molar-refractivity contribution >= 4 is 5.97 Å². The molecule has 1 atom stereocenters. The fourth-order valence-corrected chi connectivity index (χ4v) is 2.33. The maximum absolute atomic E-state index is 11.7. The number of aliphatic hydroxyl groups is 1. The number of carbonyl (C=O) groups is 1. The molecule has 0 fully saturated rings. The van der Waals surface area contributed by atoms with E-state index in [1.165, 1.54) is 6.92 Å². The Morgan fingerprint density at radius 1 is 1.10 bits per heavy atom. The van der Waals surface area contributed by atoms with E-state index in [2.05, 4.69) is 5.32 Å². The van der Waals surface area contributed by atoms with Gasteiger partial charge in [0.25, 0.3) is 0 Å². The average Bonchev–Trinajstić information content (AvgIpc) is 2.93. The van der Waals surface area contributed by atoms with Crippen molar-refractivity contribution in [2.45, 2.75) is 25.8 Å². The van der Waals surface area contributed by atoms with Gasteiger partial charge in [-0.05, 0) is 60.6 Å². The Bertz CT molecular complexity index is 1660. The van der Waals surface area contributed by atoms with E-state index in [1.807, 2.05) is 0 Å². The Morgan fingerprint density at radius 2 is 1.83 bits per heavy atom. The first-order valence-electron chi connectivity index (χ1n) is 16.1. The minimum Gasteiger partial charge on any atom is -0.478 e. The number of rotatable bonds is 9. The van der Waals surface area contributed by atoms with Gasteiger partial charge in [-0.3, -0.25) is 0 Å². The Hall–Kier alpha value is -2.95. The molecular formula is C25H27NO3. The van der Waals surface area contributed by atoms with Gasteiger partial charge in [0, 0.05) is 9.24 Å². The number of hydrogen-bond donors (Lipinski definition) is 3. The van der Waals surface area contributed by atoms with Gasteiger partial charge >= 0.3 is 5.97 Å². The number of nitrogens with one attached hydrogen (secondary N) is 1. The predicted molar refractivity (Wildman–Crippen MR) is 116 cm³/mol. The molecule has 3 aromatic carbocycles. The molecule has 150 valence electrons. The van der Waals surface area contributed by atoms with E-state index in [0.717, 1.165) is 0 Å². The summed E-state index contributed by atoms with van der Waals surface area (Å²) in [5.41, 5.74) is -3.28. The van der Waals surface area contributed by atoms with Crippen LogP contribution >= 0.6 is 0 Å². The Morgan fingerprint density at radius 3 is 2.62 bits per heavy atom. The second-order valence-corrected chi connectivity index (χ2v) is 5.91. The third-order valence-corrected chi connectivity index (χ3v) is 3.69. The minimum atomic E-state index is -3.26. The summed E-state index contributed by atoms with van der Waals surface area (Å²) in [6, 6.07) is -8.87. The van der Waals surface area contributed by atoms with Gasteiger partial charge < -0.3 is 15.5 Å². The first kappa shape index (κ1) is 8.82. The standard InChI is InChI=1S/C25H27NO3/c1-18-6-2-11-22(14-18)24(27)17-26-13-5-8-19-7-3-9-20(15-19)21-10-4-12-23(16-21)25(28)29/h2-4,6-7,9-12,14-16,24,26-27H,5,8,13,17H2,1H3,(H,28,29)/t24-/m0/s1/i2D,3D,4D,6D,7D,9D,10D,11D,12D,14D,15D,16D,17D2,24D. The number of hydrogen-bond acceptors (Lipinski definition) is 3. The van der Waals surface area contributed by atoms with E-state index in [9.17, 15) is 15.0 Å². The molecule has 3 aromatic rings. The molecule has 0 unspecified atom stereocenters. The van der Waals surface area contributed by atoms with Crippen molar-refractivity contribution in [3.05, 3.63) is 94.8 Å². The van der Waals surface area contributed by atoms with E-state index in [4.69, 9.17) is 20.6 Å². The van der Waals surface area contributed by atoms with E-state index >= 15 is 0 Å². The highest BCUT2D eigenvalue weighted by molar-refractivity contribution is 5.89. The molecule has 4 nitrogen and oxygen atoms in total. The van der Waals surface area contributed by atoms with Crippen LogP contribution in [0.4, 0.5) is 0 Å². The van der Waals surface area contributed by atoms with Gasteiger partial charge in [0.2, 0.25) is 0 Å². The first-order valence-corrected chi connectivity index (χ1v) is 8.61. The largest absolute Gasteiger partial charge is 0.478 e. The third-order valence-electron chi connectivity index (χ3n) is 3.69. The smallest absolute Gasteiger partial charge is 0.335 e. The van der Waals surface area contributed by atoms with Crippen LogP contribution in [0.3, 0.4) is 0 Å². The van der Waals surface area contributed by atoms with Crippen molar-refractivity contribution in [3.63, 3.8) is 0 Å². The summed E-state index contributed by atoms with van der Waals surface area (Å²) in [6.45, 7) is -2.11. The van der Waals surface area contributed by atoms with Crippen molar-refractivity contribution in [1.29, 1.82) is 0 Å². The van der Waals surface area contributed by atoms with Gasteiger partial charge in [-0.2, -0.15) is 0 Å². The molecule has 3 rings (SSSR count). The number of aromatic carboxylic acids is 1. The summed E-state index contributed by atoms with van der Waals surface area (Å²) in [5.74, 6) is -1.74. The maximum atomic E-state index is 11.7. The zero-order chi connectivity index (χ0) is 33.8. The summed E-state index contributed by atoms with van der Waals surface area (Å²) >= 11 is 0. The molecule has 0 aliphatic rings. The van der Waals surface area contributed by atoms with Crippen molar-refractivity contribution in [3.8, 4) is 11.1 Å². The molecular weight excluding hydrogens is 362 g/mol. The summed E-state index contributed by atoms with van der Waals surface area (Å²) in [4.78, 5) is 11.7. The monoisotopic (exact) mass is 404 g/mol. The summed E-state index contributed by atoms with van der Waals surface area (Å²) in [5, 5.41) is 22.6. The maximum Gasteiger partial charge on any atom is 0.335 e. The van der Waals surface area contributed by atoms with Crippen LogP contribution in [0.2, 0.25) is 0 Å². The molecule has 0 aliphatic carbocycles. The van der Waals surface area contributed by atoms with Gasteiger partial charge in [0.15, 0.2) is 0 Å². The van der Waals surface area contributed by atoms with Crippen molar-refractivity contribution in [2.75, 3.05) is 13.0 Å². The predicted octanol–water partition coefficient (Wildman–Crippen LogP) is 4.62. The van der Waals surface area contributed by atoms with Crippen molar-refractivity contribution in [2.24, 2.45) is 0 Å². The second kappa shape index (κ2) is 10.0. The molecule has 0 radical (unpaired) electrons. The highest BCUT2D eigenvalue weighted by atomic mass is 16.4. The van der Waals surface area contributed by atoms with Crippen LogP contribution in [0.5, 0.6) is 0 Å². The lowest BCUT2D eigenvalue weighted by molar-refractivity contribution is 0.0697. The molecule has 0 heterocycles. The first-order chi connectivity index (χ1) is 20.1. The lowest BCUT2D eigenvalue weighted by atomic mass is 9.99. The van der Waals surface area contributed by atoms with E-state index in [0.29, 0.717) is 0 Å². The minimum absolute atomic E-state index is 0.114. The van der Waals surface area contributed by atoms with Crippen molar-refractivity contribution < 1.29 is 35.6 Å². The number of carboxylic acids is 1. The van der Waals surface area contributed by atoms with Crippen LogP contribution in [-0.4, -0.2) is 29.2 Å². The van der Waals surface area contributed by atoms with Crippen LogP contribution in [0.25, 0.3) is 11.1 Å². The normalized spacial score (nSPS) is 20.8. The summed E-state index contributed by atoms with van der Waals surface area (Å²) in [7, 11) is 0. The SMILES string of the molecule is [2H]c1c([2H])c(CCCNC([2H])([2H])[C@]([2H])(O)c2c([2H])c([2H])c([2H])c(C)c2[2H])c([2H])c(-c2c([2H])c([2H])c([2H])c(C(=O)O)c2[2H])c1[2H]. The topological polar surface area (TPSA) is 69.6 Å². The molecule has 0 saturated heterocycles. The Kier molecular flexibility index (Phi) is 3.04. The van der Waals surface area contributed by atoms with Crippen LogP contribution in [0.1, 0.15) is 60.1 Å². The van der Waals surface area contributed by atoms with Gasteiger partial charge in [-0.1, -0.05) is 66.0 Å². The fourth-order valence-electron chi connectivity index (χ4n) is 2.33. The Labute approximate surface area is 192 Å². The lowest BCUT2D eigenvalue weighted by Crippen LogP contribution is -2.22. The zero-order valence-corrected chi connectivity index (χ0v) is 15.4. The molecule has 0 saturated carbocycles. The Balaban J connectivity index is 1.99. The number of carboxylic acid groups (broad SMARTS) is 1. The van der Waals surface area contributed by atoms with E-state index in [1.54, 1.807) is 0 Å². The molecule has 4 heteroatoms. The quantitative estimate of drug-likeness (QED) is 0.455. The van der Waals surface area contributed by atoms with E-state index in [-0.39, 0.29) is 30.5 Å². The summed E-state index contributed by atoms with van der Waals surface area (Å²) < 4.78 is 122. The molecule has 0 amide bonds. The number of benzene rings is 3. The molecule has 0 aromatic heterocycles. The highest BCUT2D eigenvalue weighted by Gasteiger charge is 2.07. The van der Waals surface area contributed by atoms with Gasteiger partial charge in [0.05, 0.1) is 29.5 Å². The van der Waals surface area contributed by atoms with Gasteiger partial charge in [0.1, 0.15) is 0 Å². The average molecular weight is 405 g/mol. The third kappa shape index (κ3) is 6.01. The lowest BCUT2D eigenvalue weighted by Gasteiger charge is -2.13. The molecule has 0 aliphatic heterocycles. The van der Waals surface area contributed by atoms with Crippen LogP contribution in [-0.2, 0) is 6.42 Å². The zero-order valence-electron chi connectivity index (χ0n) is 30.4. The van der Waals surface area contributed by atoms with Crippen LogP contribution in [0, 0.1) is 6.92 Å². The van der Waals surface area contributed by atoms with Crippen molar-refractivity contribution in [1.82, 2.24) is 5.32 Å². The fraction of sp³-hybridized carbons (Fsp3) is 0.240. The van der Waals surface area contributed by atoms with Crippen LogP contribution < -0.4 is 5.32 Å². The van der Waals surface area contributed by atoms with E-state index < -0.39 is 113 Å². The molecule has 0 bridgehead atoms. The summed E-state index contributed by atoms with van der Waals surface area (Å²) in [6.07, 6.45) is -3.62. The van der Waals surface area contributed by atoms with Crippen LogP contribution in [0.15, 0.2) is 72.5 Å². The second-order valence-electron chi connectivity index (χ2n) is 5.91. The molecule has 29 heavy (non-hydrogen) atoms. The van der Waals surface area contributed by atoms with Gasteiger partial charge in [-0.25, -0.2) is 4.79 Å². The molecule has 0 spiro atoms. The molecule has 3 N–H and O–H groups in total. The van der Waals surface area contributed by atoms with Gasteiger partial charge in [-0.15, -0.1) is 0 Å².